The van der Waals surface area contributed by atoms with Crippen molar-refractivity contribution in [3.05, 3.63) is 29.8 Å². The van der Waals surface area contributed by atoms with Crippen molar-refractivity contribution in [2.24, 2.45) is 0 Å². The first-order valence-corrected chi connectivity index (χ1v) is 7.53. The van der Waals surface area contributed by atoms with Crippen LogP contribution in [0.5, 0.6) is 0 Å². The van der Waals surface area contributed by atoms with Crippen molar-refractivity contribution in [2.75, 3.05) is 6.54 Å². The molecule has 0 aromatic heterocycles. The first-order valence-electron chi connectivity index (χ1n) is 6.65. The highest BCUT2D eigenvalue weighted by atomic mass is 32.2. The lowest BCUT2D eigenvalue weighted by atomic mass is 10.2. The topological polar surface area (TPSA) is 55.4 Å². The molecule has 0 aliphatic carbocycles. The van der Waals surface area contributed by atoms with Gasteiger partial charge in [0.2, 0.25) is 0 Å². The number of benzene rings is 1. The SMILES string of the molecule is CCNC(=O)[C@@H](C)OC(=O)[C@H](C)Sc1ccc(C)cc1. The Morgan fingerprint density at radius 3 is 2.40 bits per heavy atom. The van der Waals surface area contributed by atoms with Crippen LogP contribution in [0.2, 0.25) is 0 Å². The van der Waals surface area contributed by atoms with Crippen molar-refractivity contribution >= 4 is 23.6 Å². The molecule has 0 bridgehead atoms. The molecule has 4 nitrogen and oxygen atoms in total. The molecule has 0 radical (unpaired) electrons. The summed E-state index contributed by atoms with van der Waals surface area (Å²) in [4.78, 5) is 24.4. The zero-order valence-electron chi connectivity index (χ0n) is 12.3. The molecule has 5 heteroatoms. The van der Waals surface area contributed by atoms with Crippen LogP contribution >= 0.6 is 11.8 Å². The lowest BCUT2D eigenvalue weighted by Gasteiger charge is -2.16. The van der Waals surface area contributed by atoms with E-state index in [4.69, 9.17) is 4.74 Å². The molecule has 1 N–H and O–H groups in total. The quantitative estimate of drug-likeness (QED) is 0.647. The fourth-order valence-corrected chi connectivity index (χ4v) is 2.36. The molecule has 1 rings (SSSR count). The number of rotatable bonds is 6. The van der Waals surface area contributed by atoms with E-state index >= 15 is 0 Å². The summed E-state index contributed by atoms with van der Waals surface area (Å²) in [6.07, 6.45) is -0.761. The Morgan fingerprint density at radius 2 is 1.85 bits per heavy atom. The number of thioether (sulfide) groups is 1. The van der Waals surface area contributed by atoms with E-state index in [0.29, 0.717) is 6.54 Å². The maximum atomic E-state index is 11.9. The summed E-state index contributed by atoms with van der Waals surface area (Å²) in [6, 6.07) is 7.93. The van der Waals surface area contributed by atoms with Crippen LogP contribution in [0.1, 0.15) is 26.3 Å². The van der Waals surface area contributed by atoms with Gasteiger partial charge in [0, 0.05) is 11.4 Å². The van der Waals surface area contributed by atoms with Crippen LogP contribution < -0.4 is 5.32 Å². The number of esters is 1. The number of ether oxygens (including phenoxy) is 1. The second-order valence-corrected chi connectivity index (χ2v) is 5.96. The van der Waals surface area contributed by atoms with Crippen molar-refractivity contribution in [1.82, 2.24) is 5.32 Å². The van der Waals surface area contributed by atoms with Crippen LogP contribution in [0.25, 0.3) is 0 Å². The van der Waals surface area contributed by atoms with Crippen molar-refractivity contribution < 1.29 is 14.3 Å². The van der Waals surface area contributed by atoms with E-state index in [1.807, 2.05) is 38.1 Å². The third-order valence-electron chi connectivity index (χ3n) is 2.68. The first kappa shape index (κ1) is 16.6. The summed E-state index contributed by atoms with van der Waals surface area (Å²) in [6.45, 7) is 7.71. The van der Waals surface area contributed by atoms with Gasteiger partial charge in [0.25, 0.3) is 5.91 Å². The second-order valence-electron chi connectivity index (χ2n) is 4.55. The minimum atomic E-state index is -0.761. The molecule has 1 aromatic carbocycles. The number of likely N-dealkylation sites (N-methyl/N-ethyl adjacent to an activating group) is 1. The maximum Gasteiger partial charge on any atom is 0.319 e. The van der Waals surface area contributed by atoms with E-state index in [1.54, 1.807) is 13.8 Å². The summed E-state index contributed by atoms with van der Waals surface area (Å²) in [7, 11) is 0. The maximum absolute atomic E-state index is 11.9. The average molecular weight is 295 g/mol. The van der Waals surface area contributed by atoms with Gasteiger partial charge in [0.05, 0.1) is 0 Å². The van der Waals surface area contributed by atoms with Crippen LogP contribution in [0, 0.1) is 6.92 Å². The molecule has 0 spiro atoms. The third-order valence-corrected chi connectivity index (χ3v) is 3.77. The number of hydrogen-bond acceptors (Lipinski definition) is 4. The lowest BCUT2D eigenvalue weighted by Crippen LogP contribution is -2.37. The predicted octanol–water partition coefficient (Wildman–Crippen LogP) is 2.54. The summed E-state index contributed by atoms with van der Waals surface area (Å²) in [5.41, 5.74) is 1.18. The number of hydrogen-bond donors (Lipinski definition) is 1. The highest BCUT2D eigenvalue weighted by Gasteiger charge is 2.22. The van der Waals surface area contributed by atoms with E-state index in [1.165, 1.54) is 17.3 Å². The molecule has 0 saturated heterocycles. The van der Waals surface area contributed by atoms with Gasteiger partial charge >= 0.3 is 5.97 Å². The Labute approximate surface area is 124 Å². The number of carbonyl (C=O) groups excluding carboxylic acids is 2. The first-order chi connectivity index (χ1) is 9.43. The molecule has 0 aliphatic rings. The standard InChI is InChI=1S/C15H21NO3S/c1-5-16-14(17)11(3)19-15(18)12(4)20-13-8-6-10(2)7-9-13/h6-9,11-12H,5H2,1-4H3,(H,16,17)/t11-,12+/m1/s1. The van der Waals surface area contributed by atoms with Crippen LogP contribution in [-0.2, 0) is 14.3 Å². The van der Waals surface area contributed by atoms with Gasteiger partial charge in [0.1, 0.15) is 5.25 Å². The summed E-state index contributed by atoms with van der Waals surface area (Å²) in [5.74, 6) is -0.650. The van der Waals surface area contributed by atoms with Gasteiger partial charge in [-0.2, -0.15) is 0 Å². The van der Waals surface area contributed by atoms with Crippen LogP contribution in [-0.4, -0.2) is 29.8 Å². The van der Waals surface area contributed by atoms with Gasteiger partial charge in [-0.1, -0.05) is 17.7 Å². The Bertz CT molecular complexity index is 459. The molecule has 0 heterocycles. The van der Waals surface area contributed by atoms with E-state index in [9.17, 15) is 9.59 Å². The van der Waals surface area contributed by atoms with Gasteiger partial charge in [-0.25, -0.2) is 0 Å². The van der Waals surface area contributed by atoms with Gasteiger partial charge in [0.15, 0.2) is 6.10 Å². The molecular weight excluding hydrogens is 274 g/mol. The van der Waals surface area contributed by atoms with E-state index in [0.717, 1.165) is 4.90 Å². The molecule has 0 saturated carbocycles. The molecular formula is C15H21NO3S. The normalized spacial score (nSPS) is 13.4. The fraction of sp³-hybridized carbons (Fsp3) is 0.467. The monoisotopic (exact) mass is 295 g/mol. The Balaban J connectivity index is 2.50. The molecule has 1 aromatic rings. The Kier molecular flexibility index (Phi) is 6.58. The van der Waals surface area contributed by atoms with Gasteiger partial charge in [-0.05, 0) is 39.8 Å². The van der Waals surface area contributed by atoms with Gasteiger partial charge < -0.3 is 10.1 Å². The van der Waals surface area contributed by atoms with Crippen molar-refractivity contribution in [3.8, 4) is 0 Å². The van der Waals surface area contributed by atoms with Crippen molar-refractivity contribution in [2.45, 2.75) is 43.9 Å². The lowest BCUT2D eigenvalue weighted by molar-refractivity contribution is -0.153. The van der Waals surface area contributed by atoms with Crippen molar-refractivity contribution in [3.63, 3.8) is 0 Å². The zero-order valence-corrected chi connectivity index (χ0v) is 13.1. The minimum absolute atomic E-state index is 0.270. The molecule has 0 unspecified atom stereocenters. The van der Waals surface area contributed by atoms with Crippen LogP contribution in [0.3, 0.4) is 0 Å². The zero-order chi connectivity index (χ0) is 15.1. The van der Waals surface area contributed by atoms with Crippen molar-refractivity contribution in [1.29, 1.82) is 0 Å². The molecule has 110 valence electrons. The smallest absolute Gasteiger partial charge is 0.319 e. The Morgan fingerprint density at radius 1 is 1.25 bits per heavy atom. The van der Waals surface area contributed by atoms with E-state index < -0.39 is 6.10 Å². The third kappa shape index (κ3) is 5.25. The predicted molar refractivity (Wildman–Crippen MR) is 80.7 cm³/mol. The highest BCUT2D eigenvalue weighted by Crippen LogP contribution is 2.24. The largest absolute Gasteiger partial charge is 0.452 e. The number of aryl methyl sites for hydroxylation is 1. The molecule has 2 atom stereocenters. The second kappa shape index (κ2) is 7.94. The fourth-order valence-electron chi connectivity index (χ4n) is 1.51. The average Bonchev–Trinajstić information content (AvgIpc) is 2.41. The van der Waals surface area contributed by atoms with Crippen LogP contribution in [0.4, 0.5) is 0 Å². The summed E-state index contributed by atoms with van der Waals surface area (Å²) >= 11 is 1.42. The van der Waals surface area contributed by atoms with E-state index in [-0.39, 0.29) is 17.1 Å². The molecule has 0 fully saturated rings. The number of carbonyl (C=O) groups is 2. The number of nitrogens with one attached hydrogen (secondary N) is 1. The van der Waals surface area contributed by atoms with Gasteiger partial charge in [-0.3, -0.25) is 9.59 Å². The van der Waals surface area contributed by atoms with E-state index in [2.05, 4.69) is 5.32 Å². The molecule has 1 amide bonds. The summed E-state index contributed by atoms with van der Waals surface area (Å²) in [5, 5.41) is 2.27. The highest BCUT2D eigenvalue weighted by molar-refractivity contribution is 8.00. The van der Waals surface area contributed by atoms with Gasteiger partial charge in [-0.15, -0.1) is 11.8 Å². The van der Waals surface area contributed by atoms with Crippen LogP contribution in [0.15, 0.2) is 29.2 Å². The minimum Gasteiger partial charge on any atom is -0.452 e. The number of amides is 1. The summed E-state index contributed by atoms with van der Waals surface area (Å²) < 4.78 is 5.15. The Hall–Kier alpha value is -1.49. The molecule has 20 heavy (non-hydrogen) atoms. The molecule has 0 aliphatic heterocycles.